The van der Waals surface area contributed by atoms with Crippen LogP contribution in [0.25, 0.3) is 0 Å². The summed E-state index contributed by atoms with van der Waals surface area (Å²) in [6, 6.07) is 0. The van der Waals surface area contributed by atoms with Crippen molar-refractivity contribution in [3.05, 3.63) is 49.1 Å². The average molecular weight is 120 g/mol. The lowest BCUT2D eigenvalue weighted by Gasteiger charge is -1.85. The maximum atomic E-state index is 3.63. The fraction of sp³-hybridized carbons (Fsp3) is 0.111. The fourth-order valence-corrected chi connectivity index (χ4v) is 0.520. The summed E-state index contributed by atoms with van der Waals surface area (Å²) in [5, 5.41) is 0. The van der Waals surface area contributed by atoms with Crippen LogP contribution < -0.4 is 0 Å². The highest BCUT2D eigenvalue weighted by Crippen LogP contribution is 1.96. The van der Waals surface area contributed by atoms with E-state index in [1.807, 2.05) is 25.2 Å². The molecule has 0 radical (unpaired) electrons. The molecule has 0 aromatic heterocycles. The van der Waals surface area contributed by atoms with Crippen LogP contribution in [0.3, 0.4) is 0 Å². The first-order chi connectivity index (χ1) is 4.35. The fourth-order valence-electron chi connectivity index (χ4n) is 0.520. The summed E-state index contributed by atoms with van der Waals surface area (Å²) in [5.41, 5.74) is 1.09. The van der Waals surface area contributed by atoms with E-state index in [0.717, 1.165) is 5.57 Å². The second kappa shape index (κ2) is 5.10. The van der Waals surface area contributed by atoms with Gasteiger partial charge in [-0.05, 0) is 12.5 Å². The Balaban J connectivity index is 4.13. The molecule has 0 bridgehead atoms. The highest BCUT2D eigenvalue weighted by molar-refractivity contribution is 5.31. The average Bonchev–Trinajstić information content (AvgIpc) is 1.88. The molecule has 0 aliphatic carbocycles. The molecule has 0 saturated carbocycles. The predicted octanol–water partition coefficient (Wildman–Crippen LogP) is 2.86. The van der Waals surface area contributed by atoms with Gasteiger partial charge in [-0.3, -0.25) is 0 Å². The highest BCUT2D eigenvalue weighted by Gasteiger charge is 1.76. The van der Waals surface area contributed by atoms with Crippen molar-refractivity contribution in [3.8, 4) is 0 Å². The van der Waals surface area contributed by atoms with Crippen LogP contribution in [-0.2, 0) is 0 Å². The molecule has 0 rings (SSSR count). The molecule has 0 fully saturated rings. The van der Waals surface area contributed by atoms with Crippen LogP contribution in [0.4, 0.5) is 0 Å². The lowest BCUT2D eigenvalue weighted by atomic mass is 10.2. The Bertz CT molecular complexity index is 147. The molecule has 0 aliphatic rings. The summed E-state index contributed by atoms with van der Waals surface area (Å²) in [5.74, 6) is 0. The summed E-state index contributed by atoms with van der Waals surface area (Å²) in [7, 11) is 0. The quantitative estimate of drug-likeness (QED) is 0.502. The van der Waals surface area contributed by atoms with Gasteiger partial charge in [0.1, 0.15) is 0 Å². The molecule has 0 heterocycles. The van der Waals surface area contributed by atoms with Gasteiger partial charge in [-0.1, -0.05) is 43.5 Å². The highest BCUT2D eigenvalue weighted by atomic mass is 13.8. The van der Waals surface area contributed by atoms with Crippen LogP contribution in [0.5, 0.6) is 0 Å². The zero-order valence-corrected chi connectivity index (χ0v) is 5.80. The van der Waals surface area contributed by atoms with E-state index in [2.05, 4.69) is 13.2 Å². The summed E-state index contributed by atoms with van der Waals surface area (Å²) < 4.78 is 0. The third kappa shape index (κ3) is 3.53. The van der Waals surface area contributed by atoms with Crippen molar-refractivity contribution < 1.29 is 0 Å². The third-order valence-corrected chi connectivity index (χ3v) is 0.905. The molecule has 0 N–H and O–H groups in total. The maximum absolute atomic E-state index is 3.63. The predicted molar refractivity (Wildman–Crippen MR) is 43.3 cm³/mol. The monoisotopic (exact) mass is 120 g/mol. The smallest absolute Gasteiger partial charge is 0.0266 e. The van der Waals surface area contributed by atoms with Gasteiger partial charge in [0, 0.05) is 0 Å². The molecule has 0 aromatic rings. The summed E-state index contributed by atoms with van der Waals surface area (Å²) in [6.07, 6.45) is 9.40. The van der Waals surface area contributed by atoms with Gasteiger partial charge in [-0.25, -0.2) is 0 Å². The first kappa shape index (κ1) is 7.96. The Morgan fingerprint density at radius 3 is 2.33 bits per heavy atom. The first-order valence-electron chi connectivity index (χ1n) is 2.93. The van der Waals surface area contributed by atoms with Crippen LogP contribution in [0.2, 0.25) is 0 Å². The van der Waals surface area contributed by atoms with E-state index in [9.17, 15) is 0 Å². The first-order valence-corrected chi connectivity index (χ1v) is 2.93. The van der Waals surface area contributed by atoms with Gasteiger partial charge in [-0.2, -0.15) is 0 Å². The molecule has 0 heteroatoms. The minimum absolute atomic E-state index is 1.09. The van der Waals surface area contributed by atoms with Gasteiger partial charge in [0.05, 0.1) is 0 Å². The van der Waals surface area contributed by atoms with Crippen molar-refractivity contribution in [1.29, 1.82) is 0 Å². The molecule has 0 saturated heterocycles. The molecular weight excluding hydrogens is 108 g/mol. The van der Waals surface area contributed by atoms with Crippen molar-refractivity contribution >= 4 is 0 Å². The van der Waals surface area contributed by atoms with Crippen molar-refractivity contribution in [2.45, 2.75) is 6.92 Å². The Labute approximate surface area is 56.9 Å². The zero-order chi connectivity index (χ0) is 7.11. The standard InChI is InChI=1S/C9H12/c1-4-7-9(6-3)8-5-2/h4-8H,1,3H2,2H3/b8-5-,9-7-. The van der Waals surface area contributed by atoms with Crippen LogP contribution in [0.15, 0.2) is 49.1 Å². The summed E-state index contributed by atoms with van der Waals surface area (Å²) in [6.45, 7) is 9.18. The van der Waals surface area contributed by atoms with Crippen molar-refractivity contribution in [2.75, 3.05) is 0 Å². The summed E-state index contributed by atoms with van der Waals surface area (Å²) >= 11 is 0. The Kier molecular flexibility index (Phi) is 4.51. The normalized spacial score (nSPS) is 11.9. The van der Waals surface area contributed by atoms with Crippen molar-refractivity contribution in [2.24, 2.45) is 0 Å². The Morgan fingerprint density at radius 1 is 1.33 bits per heavy atom. The van der Waals surface area contributed by atoms with Gasteiger partial charge in [0.15, 0.2) is 0 Å². The number of rotatable bonds is 3. The molecule has 0 nitrogen and oxygen atoms in total. The van der Waals surface area contributed by atoms with E-state index >= 15 is 0 Å². The number of hydrogen-bond acceptors (Lipinski definition) is 0. The van der Waals surface area contributed by atoms with Crippen molar-refractivity contribution in [1.82, 2.24) is 0 Å². The largest absolute Gasteiger partial charge is 0.0990 e. The number of hydrogen-bond donors (Lipinski definition) is 0. The molecule has 0 aliphatic heterocycles. The van der Waals surface area contributed by atoms with Gasteiger partial charge in [0.2, 0.25) is 0 Å². The van der Waals surface area contributed by atoms with Crippen LogP contribution >= 0.6 is 0 Å². The van der Waals surface area contributed by atoms with E-state index < -0.39 is 0 Å². The van der Waals surface area contributed by atoms with Crippen LogP contribution in [-0.4, -0.2) is 0 Å². The zero-order valence-electron chi connectivity index (χ0n) is 5.80. The topological polar surface area (TPSA) is 0 Å². The molecule has 9 heavy (non-hydrogen) atoms. The van der Waals surface area contributed by atoms with Gasteiger partial charge in [-0.15, -0.1) is 0 Å². The maximum Gasteiger partial charge on any atom is -0.0266 e. The van der Waals surface area contributed by atoms with Crippen molar-refractivity contribution in [3.63, 3.8) is 0 Å². The van der Waals surface area contributed by atoms with Gasteiger partial charge < -0.3 is 0 Å². The molecular formula is C9H12. The van der Waals surface area contributed by atoms with E-state index in [-0.39, 0.29) is 0 Å². The van der Waals surface area contributed by atoms with E-state index in [0.29, 0.717) is 0 Å². The SMILES string of the molecule is C=C/C=C(C=C)\C=C/C. The molecule has 0 unspecified atom stereocenters. The minimum atomic E-state index is 1.09. The van der Waals surface area contributed by atoms with Gasteiger partial charge in [0.25, 0.3) is 0 Å². The van der Waals surface area contributed by atoms with Gasteiger partial charge >= 0.3 is 0 Å². The lowest BCUT2D eigenvalue weighted by molar-refractivity contribution is 1.64. The Morgan fingerprint density at radius 2 is 2.00 bits per heavy atom. The molecule has 0 aromatic carbocycles. The third-order valence-electron chi connectivity index (χ3n) is 0.905. The molecule has 48 valence electrons. The van der Waals surface area contributed by atoms with Crippen LogP contribution in [0, 0.1) is 0 Å². The number of allylic oxidation sites excluding steroid dienone is 6. The second-order valence-electron chi connectivity index (χ2n) is 1.61. The molecule has 0 amide bonds. The second-order valence-corrected chi connectivity index (χ2v) is 1.61. The van der Waals surface area contributed by atoms with E-state index in [1.165, 1.54) is 0 Å². The summed E-state index contributed by atoms with van der Waals surface area (Å²) in [4.78, 5) is 0. The molecule has 0 atom stereocenters. The van der Waals surface area contributed by atoms with E-state index in [4.69, 9.17) is 0 Å². The van der Waals surface area contributed by atoms with E-state index in [1.54, 1.807) is 12.2 Å². The molecule has 0 spiro atoms. The Hall–Kier alpha value is -1.04. The lowest BCUT2D eigenvalue weighted by Crippen LogP contribution is -1.65. The van der Waals surface area contributed by atoms with Crippen LogP contribution in [0.1, 0.15) is 6.92 Å². The minimum Gasteiger partial charge on any atom is -0.0990 e.